The Hall–Kier alpha value is -3.61. The molecule has 0 unspecified atom stereocenters. The molecule has 0 atom stereocenters. The minimum Gasteiger partial charge on any atom is -0.368 e. The monoisotopic (exact) mass is 388 g/mol. The van der Waals surface area contributed by atoms with Crippen molar-refractivity contribution in [3.05, 3.63) is 67.0 Å². The minimum absolute atomic E-state index is 0.0847. The Morgan fingerprint density at radius 1 is 0.862 bits per heavy atom. The Kier molecular flexibility index (Phi) is 5.56. The third kappa shape index (κ3) is 4.82. The highest BCUT2D eigenvalue weighted by Gasteiger charge is 2.18. The predicted molar refractivity (Wildman–Crippen MR) is 117 cm³/mol. The van der Waals surface area contributed by atoms with Crippen molar-refractivity contribution >= 4 is 34.6 Å². The summed E-state index contributed by atoms with van der Waals surface area (Å²) in [6.45, 7) is 5.24. The number of rotatable bonds is 5. The molecule has 0 spiro atoms. The van der Waals surface area contributed by atoms with Crippen molar-refractivity contribution in [1.82, 2.24) is 9.97 Å². The molecule has 0 aliphatic carbocycles. The van der Waals surface area contributed by atoms with Gasteiger partial charge in [0, 0.05) is 56.2 Å². The molecule has 1 fully saturated rings. The van der Waals surface area contributed by atoms with Crippen LogP contribution < -0.4 is 20.4 Å². The first-order valence-electron chi connectivity index (χ1n) is 9.69. The lowest BCUT2D eigenvalue weighted by Crippen LogP contribution is -2.46. The third-order valence-electron chi connectivity index (χ3n) is 4.86. The van der Waals surface area contributed by atoms with E-state index >= 15 is 0 Å². The van der Waals surface area contributed by atoms with Gasteiger partial charge in [-0.3, -0.25) is 4.79 Å². The van der Waals surface area contributed by atoms with Crippen LogP contribution in [0.5, 0.6) is 0 Å². The zero-order chi connectivity index (χ0) is 20.1. The average molecular weight is 388 g/mol. The fraction of sp³-hybridized carbons (Fsp3) is 0.227. The molecule has 7 heteroatoms. The molecule has 2 heterocycles. The minimum atomic E-state index is -0.0847. The van der Waals surface area contributed by atoms with Crippen LogP contribution in [0.1, 0.15) is 6.92 Å². The zero-order valence-corrected chi connectivity index (χ0v) is 16.4. The summed E-state index contributed by atoms with van der Waals surface area (Å²) in [6, 6.07) is 20.0. The molecular weight excluding hydrogens is 364 g/mol. The van der Waals surface area contributed by atoms with Crippen molar-refractivity contribution in [1.29, 1.82) is 0 Å². The standard InChI is InChI=1S/C22H24N6O/c1-17(29)25-18-7-9-19(10-8-18)26-21-15-22(24-16-23-21)28-13-11-27(12-14-28)20-5-3-2-4-6-20/h2-10,15-16H,11-14H2,1H3,(H,25,29)(H,23,24,26). The quantitative estimate of drug-likeness (QED) is 0.697. The number of piperazine rings is 1. The first-order chi connectivity index (χ1) is 14.2. The smallest absolute Gasteiger partial charge is 0.221 e. The summed E-state index contributed by atoms with van der Waals surface area (Å²) in [5.74, 6) is 1.58. The number of carbonyl (C=O) groups excluding carboxylic acids is 1. The summed E-state index contributed by atoms with van der Waals surface area (Å²) in [6.07, 6.45) is 1.59. The predicted octanol–water partition coefficient (Wildman–Crippen LogP) is 3.51. The number of nitrogens with zero attached hydrogens (tertiary/aromatic N) is 4. The summed E-state index contributed by atoms with van der Waals surface area (Å²) in [5, 5.41) is 6.06. The normalized spacial score (nSPS) is 13.8. The van der Waals surface area contributed by atoms with Crippen molar-refractivity contribution in [2.75, 3.05) is 46.6 Å². The molecule has 0 saturated carbocycles. The van der Waals surface area contributed by atoms with Gasteiger partial charge in [0.05, 0.1) is 0 Å². The molecule has 3 aromatic rings. The van der Waals surface area contributed by atoms with Crippen LogP contribution in [0.25, 0.3) is 0 Å². The van der Waals surface area contributed by atoms with E-state index in [1.54, 1.807) is 6.33 Å². The van der Waals surface area contributed by atoms with Gasteiger partial charge in [0.1, 0.15) is 18.0 Å². The van der Waals surface area contributed by atoms with Gasteiger partial charge in [-0.1, -0.05) is 18.2 Å². The molecule has 1 aliphatic rings. The molecule has 1 saturated heterocycles. The van der Waals surface area contributed by atoms with Gasteiger partial charge in [0.2, 0.25) is 5.91 Å². The van der Waals surface area contributed by atoms with E-state index < -0.39 is 0 Å². The summed E-state index contributed by atoms with van der Waals surface area (Å²) < 4.78 is 0. The van der Waals surface area contributed by atoms with Crippen LogP contribution in [-0.2, 0) is 4.79 Å². The maximum Gasteiger partial charge on any atom is 0.221 e. The number of nitrogens with one attached hydrogen (secondary N) is 2. The average Bonchev–Trinajstić information content (AvgIpc) is 2.76. The van der Waals surface area contributed by atoms with E-state index in [4.69, 9.17) is 0 Å². The number of benzene rings is 2. The van der Waals surface area contributed by atoms with E-state index in [2.05, 4.69) is 54.7 Å². The Morgan fingerprint density at radius 3 is 2.21 bits per heavy atom. The van der Waals surface area contributed by atoms with Gasteiger partial charge in [-0.25, -0.2) is 9.97 Å². The molecule has 1 aliphatic heterocycles. The molecule has 7 nitrogen and oxygen atoms in total. The van der Waals surface area contributed by atoms with Gasteiger partial charge in [-0.05, 0) is 36.4 Å². The van der Waals surface area contributed by atoms with Crippen LogP contribution >= 0.6 is 0 Å². The van der Waals surface area contributed by atoms with Crippen LogP contribution in [0.3, 0.4) is 0 Å². The summed E-state index contributed by atoms with van der Waals surface area (Å²) in [5.41, 5.74) is 2.93. The first-order valence-corrected chi connectivity index (χ1v) is 9.69. The summed E-state index contributed by atoms with van der Waals surface area (Å²) in [7, 11) is 0. The van der Waals surface area contributed by atoms with Crippen molar-refractivity contribution in [3.8, 4) is 0 Å². The van der Waals surface area contributed by atoms with E-state index in [0.29, 0.717) is 0 Å². The molecule has 148 valence electrons. The largest absolute Gasteiger partial charge is 0.368 e. The Labute approximate surface area is 170 Å². The Bertz CT molecular complexity index is 953. The lowest BCUT2D eigenvalue weighted by atomic mass is 10.2. The van der Waals surface area contributed by atoms with Gasteiger partial charge < -0.3 is 20.4 Å². The van der Waals surface area contributed by atoms with Gasteiger partial charge in [0.25, 0.3) is 0 Å². The number of para-hydroxylation sites is 1. The second-order valence-corrected chi connectivity index (χ2v) is 6.95. The van der Waals surface area contributed by atoms with Crippen LogP contribution in [-0.4, -0.2) is 42.1 Å². The molecule has 2 aromatic carbocycles. The van der Waals surface area contributed by atoms with E-state index in [-0.39, 0.29) is 5.91 Å². The lowest BCUT2D eigenvalue weighted by molar-refractivity contribution is -0.114. The topological polar surface area (TPSA) is 73.4 Å². The lowest BCUT2D eigenvalue weighted by Gasteiger charge is -2.36. The molecule has 1 aromatic heterocycles. The molecule has 0 bridgehead atoms. The number of hydrogen-bond acceptors (Lipinski definition) is 6. The van der Waals surface area contributed by atoms with E-state index in [0.717, 1.165) is 49.2 Å². The fourth-order valence-corrected chi connectivity index (χ4v) is 3.41. The van der Waals surface area contributed by atoms with Gasteiger partial charge >= 0.3 is 0 Å². The first kappa shape index (κ1) is 18.7. The van der Waals surface area contributed by atoms with Crippen molar-refractivity contribution in [2.24, 2.45) is 0 Å². The number of carbonyl (C=O) groups is 1. The summed E-state index contributed by atoms with van der Waals surface area (Å²) >= 11 is 0. The van der Waals surface area contributed by atoms with Crippen molar-refractivity contribution in [2.45, 2.75) is 6.92 Å². The zero-order valence-electron chi connectivity index (χ0n) is 16.4. The number of anilines is 5. The van der Waals surface area contributed by atoms with E-state index in [1.807, 2.05) is 36.4 Å². The Balaban J connectivity index is 1.38. The number of hydrogen-bond donors (Lipinski definition) is 2. The highest BCUT2D eigenvalue weighted by Crippen LogP contribution is 2.22. The van der Waals surface area contributed by atoms with E-state index in [1.165, 1.54) is 12.6 Å². The van der Waals surface area contributed by atoms with Crippen molar-refractivity contribution < 1.29 is 4.79 Å². The second kappa shape index (κ2) is 8.60. The van der Waals surface area contributed by atoms with Gasteiger partial charge in [-0.2, -0.15) is 0 Å². The van der Waals surface area contributed by atoms with Crippen molar-refractivity contribution in [3.63, 3.8) is 0 Å². The van der Waals surface area contributed by atoms with Crippen LogP contribution in [0.2, 0.25) is 0 Å². The van der Waals surface area contributed by atoms with Crippen LogP contribution in [0.15, 0.2) is 67.0 Å². The molecular formula is C22H24N6O. The highest BCUT2D eigenvalue weighted by molar-refractivity contribution is 5.88. The molecule has 4 rings (SSSR count). The maximum absolute atomic E-state index is 11.1. The number of amides is 1. The summed E-state index contributed by atoms with van der Waals surface area (Å²) in [4.78, 5) is 24.6. The SMILES string of the molecule is CC(=O)Nc1ccc(Nc2cc(N3CCN(c4ccccc4)CC3)ncn2)cc1. The fourth-order valence-electron chi connectivity index (χ4n) is 3.41. The molecule has 1 amide bonds. The number of aromatic nitrogens is 2. The highest BCUT2D eigenvalue weighted by atomic mass is 16.1. The van der Waals surface area contributed by atoms with Crippen LogP contribution in [0, 0.1) is 0 Å². The molecule has 29 heavy (non-hydrogen) atoms. The van der Waals surface area contributed by atoms with Gasteiger partial charge in [-0.15, -0.1) is 0 Å². The molecule has 0 radical (unpaired) electrons. The van der Waals surface area contributed by atoms with Crippen LogP contribution in [0.4, 0.5) is 28.7 Å². The van der Waals surface area contributed by atoms with E-state index in [9.17, 15) is 4.79 Å². The maximum atomic E-state index is 11.1. The second-order valence-electron chi connectivity index (χ2n) is 6.95. The molecule has 2 N–H and O–H groups in total. The third-order valence-corrected chi connectivity index (χ3v) is 4.86. The Morgan fingerprint density at radius 2 is 1.52 bits per heavy atom. The van der Waals surface area contributed by atoms with Gasteiger partial charge in [0.15, 0.2) is 0 Å².